The van der Waals surface area contributed by atoms with Crippen LogP contribution in [-0.2, 0) is 14.8 Å². The van der Waals surface area contributed by atoms with Crippen molar-refractivity contribution in [1.82, 2.24) is 10.0 Å². The molecule has 0 aliphatic heterocycles. The molecule has 0 radical (unpaired) electrons. The number of hydrogen-bond donors (Lipinski definition) is 2. The van der Waals surface area contributed by atoms with Gasteiger partial charge in [0.05, 0.1) is 18.5 Å². The first-order valence-electron chi connectivity index (χ1n) is 6.87. The Kier molecular flexibility index (Phi) is 7.81. The second-order valence-corrected chi connectivity index (χ2v) is 6.73. The van der Waals surface area contributed by atoms with Gasteiger partial charge in [-0.15, -0.1) is 0 Å². The van der Waals surface area contributed by atoms with E-state index in [1.54, 1.807) is 0 Å². The van der Waals surface area contributed by atoms with Crippen molar-refractivity contribution in [2.45, 2.75) is 44.6 Å². The SMILES string of the molecule is CNCCCS(=O)(=O)NCCOC1CCCCC1. The zero-order valence-electron chi connectivity index (χ0n) is 11.3. The highest BCUT2D eigenvalue weighted by molar-refractivity contribution is 7.89. The summed E-state index contributed by atoms with van der Waals surface area (Å²) in [6, 6.07) is 0. The van der Waals surface area contributed by atoms with Gasteiger partial charge in [-0.1, -0.05) is 19.3 Å². The molecule has 1 aliphatic carbocycles. The maximum atomic E-state index is 11.6. The van der Waals surface area contributed by atoms with Crippen LogP contribution in [0.25, 0.3) is 0 Å². The van der Waals surface area contributed by atoms with Gasteiger partial charge in [0.2, 0.25) is 10.0 Å². The summed E-state index contributed by atoms with van der Waals surface area (Å²) in [6.07, 6.45) is 6.99. The van der Waals surface area contributed by atoms with E-state index in [0.717, 1.165) is 19.4 Å². The molecule has 18 heavy (non-hydrogen) atoms. The maximum Gasteiger partial charge on any atom is 0.211 e. The van der Waals surface area contributed by atoms with E-state index in [2.05, 4.69) is 10.0 Å². The van der Waals surface area contributed by atoms with Gasteiger partial charge in [-0.3, -0.25) is 0 Å². The summed E-state index contributed by atoms with van der Waals surface area (Å²) < 4.78 is 31.4. The van der Waals surface area contributed by atoms with E-state index in [1.807, 2.05) is 7.05 Å². The lowest BCUT2D eigenvalue weighted by Gasteiger charge is -2.21. The molecule has 1 fully saturated rings. The molecular formula is C12H26N2O3S. The molecule has 2 N–H and O–H groups in total. The number of nitrogens with one attached hydrogen (secondary N) is 2. The fourth-order valence-corrected chi connectivity index (χ4v) is 3.23. The summed E-state index contributed by atoms with van der Waals surface area (Å²) in [5.74, 6) is 0.178. The zero-order chi connectivity index (χ0) is 13.3. The molecule has 108 valence electrons. The Bertz CT molecular complexity index is 300. The van der Waals surface area contributed by atoms with E-state index < -0.39 is 10.0 Å². The third-order valence-corrected chi connectivity index (χ3v) is 4.64. The van der Waals surface area contributed by atoms with E-state index in [0.29, 0.717) is 25.7 Å². The highest BCUT2D eigenvalue weighted by Gasteiger charge is 2.14. The molecule has 0 atom stereocenters. The molecule has 0 heterocycles. The Labute approximate surface area is 111 Å². The van der Waals surface area contributed by atoms with Crippen molar-refractivity contribution >= 4 is 10.0 Å². The average Bonchev–Trinajstić information content (AvgIpc) is 2.36. The second kappa shape index (κ2) is 8.85. The molecule has 0 aromatic rings. The molecule has 0 aromatic carbocycles. The first-order chi connectivity index (χ1) is 8.64. The Hall–Kier alpha value is -0.170. The van der Waals surface area contributed by atoms with Gasteiger partial charge in [-0.05, 0) is 32.9 Å². The maximum absolute atomic E-state index is 11.6. The van der Waals surface area contributed by atoms with Crippen LogP contribution in [0.4, 0.5) is 0 Å². The average molecular weight is 278 g/mol. The van der Waals surface area contributed by atoms with E-state index in [1.165, 1.54) is 19.3 Å². The van der Waals surface area contributed by atoms with Crippen LogP contribution in [0.1, 0.15) is 38.5 Å². The van der Waals surface area contributed by atoms with Crippen LogP contribution < -0.4 is 10.0 Å². The highest BCUT2D eigenvalue weighted by Crippen LogP contribution is 2.19. The van der Waals surface area contributed by atoms with Gasteiger partial charge in [0.25, 0.3) is 0 Å². The molecule has 0 aromatic heterocycles. The lowest BCUT2D eigenvalue weighted by Crippen LogP contribution is -2.32. The molecule has 0 spiro atoms. The van der Waals surface area contributed by atoms with Crippen molar-refractivity contribution in [3.05, 3.63) is 0 Å². The summed E-state index contributed by atoms with van der Waals surface area (Å²) in [6.45, 7) is 1.59. The van der Waals surface area contributed by atoms with E-state index >= 15 is 0 Å². The van der Waals surface area contributed by atoms with Crippen molar-refractivity contribution < 1.29 is 13.2 Å². The zero-order valence-corrected chi connectivity index (χ0v) is 12.1. The van der Waals surface area contributed by atoms with Crippen LogP contribution in [0, 0.1) is 0 Å². The van der Waals surface area contributed by atoms with Crippen LogP contribution >= 0.6 is 0 Å². The summed E-state index contributed by atoms with van der Waals surface area (Å²) in [7, 11) is -1.31. The van der Waals surface area contributed by atoms with E-state index in [9.17, 15) is 8.42 Å². The third-order valence-electron chi connectivity index (χ3n) is 3.17. The summed E-state index contributed by atoms with van der Waals surface area (Å²) in [4.78, 5) is 0. The van der Waals surface area contributed by atoms with Crippen molar-refractivity contribution in [3.63, 3.8) is 0 Å². The number of hydrogen-bond acceptors (Lipinski definition) is 4. The number of ether oxygens (including phenoxy) is 1. The molecule has 1 rings (SSSR count). The van der Waals surface area contributed by atoms with Crippen molar-refractivity contribution in [3.8, 4) is 0 Å². The smallest absolute Gasteiger partial charge is 0.211 e. The Morgan fingerprint density at radius 3 is 2.56 bits per heavy atom. The van der Waals surface area contributed by atoms with Crippen molar-refractivity contribution in [2.75, 3.05) is 32.5 Å². The minimum absolute atomic E-state index is 0.178. The summed E-state index contributed by atoms with van der Waals surface area (Å²) in [5, 5.41) is 2.93. The fourth-order valence-electron chi connectivity index (χ4n) is 2.17. The topological polar surface area (TPSA) is 67.4 Å². The molecule has 0 unspecified atom stereocenters. The molecule has 0 saturated heterocycles. The van der Waals surface area contributed by atoms with Gasteiger partial charge in [0.15, 0.2) is 0 Å². The van der Waals surface area contributed by atoms with Crippen LogP contribution in [0.2, 0.25) is 0 Å². The minimum atomic E-state index is -3.13. The summed E-state index contributed by atoms with van der Waals surface area (Å²) in [5.41, 5.74) is 0. The predicted octanol–water partition coefficient (Wildman–Crippen LogP) is 0.865. The predicted molar refractivity (Wildman–Crippen MR) is 73.2 cm³/mol. The van der Waals surface area contributed by atoms with Gasteiger partial charge in [0.1, 0.15) is 0 Å². The lowest BCUT2D eigenvalue weighted by atomic mass is 9.98. The van der Waals surface area contributed by atoms with Crippen molar-refractivity contribution in [2.24, 2.45) is 0 Å². The molecule has 0 amide bonds. The minimum Gasteiger partial charge on any atom is -0.377 e. The monoisotopic (exact) mass is 278 g/mol. The number of rotatable bonds is 9. The molecule has 1 aliphatic rings. The van der Waals surface area contributed by atoms with Gasteiger partial charge >= 0.3 is 0 Å². The largest absolute Gasteiger partial charge is 0.377 e. The first kappa shape index (κ1) is 15.9. The Morgan fingerprint density at radius 1 is 1.17 bits per heavy atom. The molecular weight excluding hydrogens is 252 g/mol. The van der Waals surface area contributed by atoms with Crippen LogP contribution in [-0.4, -0.2) is 47.0 Å². The molecule has 6 heteroatoms. The standard InChI is InChI=1S/C12H26N2O3S/c1-13-8-5-11-18(15,16)14-9-10-17-12-6-3-2-4-7-12/h12-14H,2-11H2,1H3. The second-order valence-electron chi connectivity index (χ2n) is 4.80. The summed E-state index contributed by atoms with van der Waals surface area (Å²) >= 11 is 0. The molecule has 5 nitrogen and oxygen atoms in total. The van der Waals surface area contributed by atoms with Gasteiger partial charge in [-0.25, -0.2) is 13.1 Å². The van der Waals surface area contributed by atoms with Crippen molar-refractivity contribution in [1.29, 1.82) is 0 Å². The van der Waals surface area contributed by atoms with Gasteiger partial charge < -0.3 is 10.1 Å². The third kappa shape index (κ3) is 7.31. The molecule has 1 saturated carbocycles. The highest BCUT2D eigenvalue weighted by atomic mass is 32.2. The van der Waals surface area contributed by atoms with Crippen LogP contribution in [0.5, 0.6) is 0 Å². The van der Waals surface area contributed by atoms with E-state index in [4.69, 9.17) is 4.74 Å². The van der Waals surface area contributed by atoms with Gasteiger partial charge in [-0.2, -0.15) is 0 Å². The lowest BCUT2D eigenvalue weighted by molar-refractivity contribution is 0.0321. The van der Waals surface area contributed by atoms with E-state index in [-0.39, 0.29) is 5.75 Å². The quantitative estimate of drug-likeness (QED) is 0.614. The van der Waals surface area contributed by atoms with Crippen LogP contribution in [0.3, 0.4) is 0 Å². The molecule has 0 bridgehead atoms. The van der Waals surface area contributed by atoms with Gasteiger partial charge in [0, 0.05) is 6.54 Å². The first-order valence-corrected chi connectivity index (χ1v) is 8.53. The fraction of sp³-hybridized carbons (Fsp3) is 1.00. The number of sulfonamides is 1. The Morgan fingerprint density at radius 2 is 1.89 bits per heavy atom. The normalized spacial score (nSPS) is 18.1. The van der Waals surface area contributed by atoms with Crippen LogP contribution in [0.15, 0.2) is 0 Å². The Balaban J connectivity index is 2.05.